The largest absolute Gasteiger partial charge is 0.497 e. The lowest BCUT2D eigenvalue weighted by molar-refractivity contribution is 0.414. The van der Waals surface area contributed by atoms with Crippen LogP contribution in [0.3, 0.4) is 0 Å². The summed E-state index contributed by atoms with van der Waals surface area (Å²) in [5.74, 6) is 0.824. The van der Waals surface area contributed by atoms with Crippen LogP contribution < -0.4 is 10.5 Å². The summed E-state index contributed by atoms with van der Waals surface area (Å²) < 4.78 is 6.93. The molecule has 19 heavy (non-hydrogen) atoms. The maximum absolute atomic E-state index is 6.23. The average Bonchev–Trinajstić information content (AvgIpc) is 2.65. The van der Waals surface area contributed by atoms with E-state index < -0.39 is 0 Å². The van der Waals surface area contributed by atoms with Crippen molar-refractivity contribution < 1.29 is 4.74 Å². The molecule has 0 amide bonds. The van der Waals surface area contributed by atoms with Gasteiger partial charge in [0, 0.05) is 19.5 Å². The Labute approximate surface area is 118 Å². The molecule has 0 saturated heterocycles. The van der Waals surface area contributed by atoms with E-state index in [4.69, 9.17) is 22.1 Å². The van der Waals surface area contributed by atoms with Crippen LogP contribution in [-0.4, -0.2) is 16.9 Å². The third-order valence-electron chi connectivity index (χ3n) is 3.22. The molecule has 102 valence electrons. The number of rotatable bonds is 4. The fourth-order valence-corrected chi connectivity index (χ4v) is 2.32. The molecule has 1 aromatic heterocycles. The van der Waals surface area contributed by atoms with Crippen LogP contribution in [0.2, 0.25) is 5.02 Å². The minimum atomic E-state index is -0.113. The first-order chi connectivity index (χ1) is 9.02. The van der Waals surface area contributed by atoms with Gasteiger partial charge in [-0.3, -0.25) is 4.68 Å². The summed E-state index contributed by atoms with van der Waals surface area (Å²) in [6.07, 6.45) is 0.655. The summed E-state index contributed by atoms with van der Waals surface area (Å²) in [6, 6.07) is 7.65. The number of methoxy groups -OCH3 is 1. The molecular weight excluding hydrogens is 262 g/mol. The third kappa shape index (κ3) is 2.91. The van der Waals surface area contributed by atoms with Crippen LogP contribution in [0.4, 0.5) is 0 Å². The number of hydrogen-bond acceptors (Lipinski definition) is 3. The fraction of sp³-hybridized carbons (Fsp3) is 0.357. The topological polar surface area (TPSA) is 53.1 Å². The van der Waals surface area contributed by atoms with E-state index in [0.717, 1.165) is 22.7 Å². The maximum Gasteiger partial charge on any atom is 0.118 e. The summed E-state index contributed by atoms with van der Waals surface area (Å²) in [5, 5.41) is 4.99. The highest BCUT2D eigenvalue weighted by Gasteiger charge is 2.15. The van der Waals surface area contributed by atoms with Gasteiger partial charge in [-0.15, -0.1) is 0 Å². The Balaban J connectivity index is 2.17. The lowest BCUT2D eigenvalue weighted by Gasteiger charge is -2.13. The molecule has 0 aliphatic rings. The Hall–Kier alpha value is -1.52. The molecule has 2 N–H and O–H groups in total. The van der Waals surface area contributed by atoms with Crippen LogP contribution in [0.1, 0.15) is 23.0 Å². The van der Waals surface area contributed by atoms with Crippen molar-refractivity contribution in [1.82, 2.24) is 9.78 Å². The Morgan fingerprint density at radius 2 is 2.00 bits per heavy atom. The van der Waals surface area contributed by atoms with Gasteiger partial charge in [-0.2, -0.15) is 5.10 Å². The molecule has 0 radical (unpaired) electrons. The van der Waals surface area contributed by atoms with Crippen molar-refractivity contribution in [2.24, 2.45) is 12.8 Å². The highest BCUT2D eigenvalue weighted by molar-refractivity contribution is 6.31. The predicted octanol–water partition coefficient (Wildman–Crippen LogP) is 2.63. The lowest BCUT2D eigenvalue weighted by Crippen LogP contribution is -2.15. The highest BCUT2D eigenvalue weighted by atomic mass is 35.5. The van der Waals surface area contributed by atoms with Crippen LogP contribution in [0.25, 0.3) is 0 Å². The van der Waals surface area contributed by atoms with Gasteiger partial charge in [-0.25, -0.2) is 0 Å². The predicted molar refractivity (Wildman–Crippen MR) is 76.6 cm³/mol. The van der Waals surface area contributed by atoms with Gasteiger partial charge in [0.1, 0.15) is 5.75 Å². The van der Waals surface area contributed by atoms with Gasteiger partial charge in [0.25, 0.3) is 0 Å². The Bertz CT molecular complexity index is 563. The van der Waals surface area contributed by atoms with E-state index in [0.29, 0.717) is 11.4 Å². The van der Waals surface area contributed by atoms with E-state index in [1.54, 1.807) is 11.8 Å². The van der Waals surface area contributed by atoms with E-state index >= 15 is 0 Å². The maximum atomic E-state index is 6.23. The van der Waals surface area contributed by atoms with E-state index in [1.807, 2.05) is 38.2 Å². The molecular formula is C14H18ClN3O. The molecule has 0 spiro atoms. The molecule has 0 aliphatic carbocycles. The first-order valence-electron chi connectivity index (χ1n) is 6.10. The summed E-state index contributed by atoms with van der Waals surface area (Å²) in [4.78, 5) is 0. The first-order valence-corrected chi connectivity index (χ1v) is 6.48. The molecule has 1 atom stereocenters. The van der Waals surface area contributed by atoms with E-state index in [9.17, 15) is 0 Å². The van der Waals surface area contributed by atoms with Crippen LogP contribution >= 0.6 is 11.6 Å². The van der Waals surface area contributed by atoms with Crippen molar-refractivity contribution in [3.63, 3.8) is 0 Å². The molecule has 2 aromatic rings. The molecule has 4 nitrogen and oxygen atoms in total. The zero-order valence-electron chi connectivity index (χ0n) is 11.4. The summed E-state index contributed by atoms with van der Waals surface area (Å²) in [6.45, 7) is 1.89. The number of benzene rings is 1. The van der Waals surface area contributed by atoms with Crippen molar-refractivity contribution in [3.8, 4) is 5.75 Å². The lowest BCUT2D eigenvalue weighted by atomic mass is 10.0. The van der Waals surface area contributed by atoms with Crippen molar-refractivity contribution in [2.45, 2.75) is 19.4 Å². The Morgan fingerprint density at radius 1 is 1.37 bits per heavy atom. The zero-order valence-corrected chi connectivity index (χ0v) is 12.1. The van der Waals surface area contributed by atoms with Gasteiger partial charge in [-0.05, 0) is 24.6 Å². The van der Waals surface area contributed by atoms with Gasteiger partial charge in [-0.1, -0.05) is 23.7 Å². The number of aromatic nitrogens is 2. The number of nitrogens with zero attached hydrogens (tertiary/aromatic N) is 2. The van der Waals surface area contributed by atoms with Crippen molar-refractivity contribution in [3.05, 3.63) is 46.2 Å². The molecule has 1 aromatic carbocycles. The number of halogens is 1. The average molecular weight is 280 g/mol. The first kappa shape index (κ1) is 13.9. The van der Waals surface area contributed by atoms with E-state index in [2.05, 4.69) is 5.10 Å². The second kappa shape index (κ2) is 5.63. The SMILES string of the molecule is COc1ccc(C(N)Cc2c(Cl)c(C)nn2C)cc1. The Morgan fingerprint density at radius 3 is 2.47 bits per heavy atom. The molecule has 0 saturated carbocycles. The number of nitrogens with two attached hydrogens (primary N) is 1. The molecule has 2 rings (SSSR count). The minimum absolute atomic E-state index is 0.113. The summed E-state index contributed by atoms with van der Waals surface area (Å²) in [7, 11) is 3.53. The van der Waals surface area contributed by atoms with E-state index in [-0.39, 0.29) is 6.04 Å². The molecule has 5 heteroatoms. The molecule has 1 heterocycles. The fourth-order valence-electron chi connectivity index (χ4n) is 2.08. The van der Waals surface area contributed by atoms with Crippen LogP contribution in [0.5, 0.6) is 5.75 Å². The van der Waals surface area contributed by atoms with Gasteiger partial charge in [0.05, 0.1) is 23.5 Å². The minimum Gasteiger partial charge on any atom is -0.497 e. The summed E-state index contributed by atoms with van der Waals surface area (Å²) in [5.41, 5.74) is 9.07. The van der Waals surface area contributed by atoms with Crippen LogP contribution in [0, 0.1) is 6.92 Å². The monoisotopic (exact) mass is 279 g/mol. The third-order valence-corrected chi connectivity index (χ3v) is 3.71. The second-order valence-corrected chi connectivity index (χ2v) is 4.93. The Kier molecular flexibility index (Phi) is 4.12. The molecule has 0 aliphatic heterocycles. The van der Waals surface area contributed by atoms with Crippen molar-refractivity contribution in [1.29, 1.82) is 0 Å². The van der Waals surface area contributed by atoms with Gasteiger partial charge < -0.3 is 10.5 Å². The van der Waals surface area contributed by atoms with Crippen LogP contribution in [-0.2, 0) is 13.5 Å². The second-order valence-electron chi connectivity index (χ2n) is 4.55. The standard InChI is InChI=1S/C14H18ClN3O/c1-9-14(15)13(18(2)17-9)8-12(16)10-4-6-11(19-3)7-5-10/h4-7,12H,8,16H2,1-3H3. The van der Waals surface area contributed by atoms with Gasteiger partial charge >= 0.3 is 0 Å². The molecule has 0 fully saturated rings. The number of aryl methyl sites for hydroxylation is 2. The van der Waals surface area contributed by atoms with Crippen LogP contribution in [0.15, 0.2) is 24.3 Å². The molecule has 1 unspecified atom stereocenters. The normalized spacial score (nSPS) is 12.5. The quantitative estimate of drug-likeness (QED) is 0.936. The number of hydrogen-bond donors (Lipinski definition) is 1. The zero-order chi connectivity index (χ0) is 14.0. The van der Waals surface area contributed by atoms with Gasteiger partial charge in [0.2, 0.25) is 0 Å². The van der Waals surface area contributed by atoms with Gasteiger partial charge in [0.15, 0.2) is 0 Å². The smallest absolute Gasteiger partial charge is 0.118 e. The van der Waals surface area contributed by atoms with Crippen molar-refractivity contribution in [2.75, 3.05) is 7.11 Å². The van der Waals surface area contributed by atoms with E-state index in [1.165, 1.54) is 0 Å². The highest BCUT2D eigenvalue weighted by Crippen LogP contribution is 2.25. The molecule has 0 bridgehead atoms. The van der Waals surface area contributed by atoms with Crippen molar-refractivity contribution >= 4 is 11.6 Å². The summed E-state index contributed by atoms with van der Waals surface area (Å²) >= 11 is 6.23. The number of ether oxygens (including phenoxy) is 1.